The molecule has 22 heavy (non-hydrogen) atoms. The van der Waals surface area contributed by atoms with Crippen LogP contribution in [0, 0.1) is 0 Å². The fourth-order valence-corrected chi connectivity index (χ4v) is 3.20. The monoisotopic (exact) mass is 313 g/mol. The highest BCUT2D eigenvalue weighted by atomic mass is 16.5. The Hall–Kier alpha value is -0.690. The predicted octanol–water partition coefficient (Wildman–Crippen LogP) is 0.454. The molecule has 2 heterocycles. The Balaban J connectivity index is 1.74. The van der Waals surface area contributed by atoms with Gasteiger partial charge in [0, 0.05) is 32.8 Å². The van der Waals surface area contributed by atoms with Gasteiger partial charge >= 0.3 is 0 Å². The molecular weight excluding hydrogens is 282 g/mol. The lowest BCUT2D eigenvalue weighted by Crippen LogP contribution is -2.57. The second-order valence-corrected chi connectivity index (χ2v) is 6.33. The van der Waals surface area contributed by atoms with Crippen molar-refractivity contribution in [1.29, 1.82) is 0 Å². The third-order valence-corrected chi connectivity index (χ3v) is 4.90. The van der Waals surface area contributed by atoms with Crippen molar-refractivity contribution in [3.63, 3.8) is 0 Å². The second-order valence-electron chi connectivity index (χ2n) is 6.33. The molecule has 2 fully saturated rings. The number of carbonyl (C=O) groups is 1. The first-order valence-electron chi connectivity index (χ1n) is 8.59. The van der Waals surface area contributed by atoms with E-state index in [2.05, 4.69) is 18.7 Å². The van der Waals surface area contributed by atoms with Crippen LogP contribution >= 0.6 is 0 Å². The number of carbonyl (C=O) groups excluding carboxylic acids is 1. The molecule has 128 valence electrons. The molecule has 0 spiro atoms. The summed E-state index contributed by atoms with van der Waals surface area (Å²) >= 11 is 0. The summed E-state index contributed by atoms with van der Waals surface area (Å²) in [7, 11) is 0. The molecule has 0 aromatic rings. The van der Waals surface area contributed by atoms with E-state index in [4.69, 9.17) is 15.2 Å². The van der Waals surface area contributed by atoms with Gasteiger partial charge in [0.15, 0.2) is 0 Å². The average molecular weight is 313 g/mol. The summed E-state index contributed by atoms with van der Waals surface area (Å²) in [6, 6.07) is 0. The highest BCUT2D eigenvalue weighted by Gasteiger charge is 2.41. The van der Waals surface area contributed by atoms with Gasteiger partial charge in [-0.15, -0.1) is 0 Å². The molecule has 2 N–H and O–H groups in total. The molecule has 1 atom stereocenters. The summed E-state index contributed by atoms with van der Waals surface area (Å²) in [6.45, 7) is 10.7. The first kappa shape index (κ1) is 17.7. The number of hydrogen-bond acceptors (Lipinski definition) is 5. The van der Waals surface area contributed by atoms with E-state index < -0.39 is 5.54 Å². The molecule has 2 rings (SSSR count). The van der Waals surface area contributed by atoms with Gasteiger partial charge in [-0.3, -0.25) is 4.79 Å². The Morgan fingerprint density at radius 2 is 2.05 bits per heavy atom. The number of ether oxygens (including phenoxy) is 2. The van der Waals surface area contributed by atoms with Crippen molar-refractivity contribution in [2.24, 2.45) is 5.73 Å². The number of hydrogen-bond donors (Lipinski definition) is 1. The van der Waals surface area contributed by atoms with E-state index >= 15 is 0 Å². The second kappa shape index (κ2) is 8.24. The van der Waals surface area contributed by atoms with Gasteiger partial charge in [-0.25, -0.2) is 0 Å². The fraction of sp³-hybridized carbons (Fsp3) is 0.938. The Bertz CT molecular complexity index is 355. The topological polar surface area (TPSA) is 68.0 Å². The molecule has 0 bridgehead atoms. The Kier molecular flexibility index (Phi) is 6.62. The van der Waals surface area contributed by atoms with Crippen molar-refractivity contribution < 1.29 is 14.3 Å². The lowest BCUT2D eigenvalue weighted by molar-refractivity contribution is -0.140. The molecule has 2 aliphatic rings. The van der Waals surface area contributed by atoms with Gasteiger partial charge in [-0.05, 0) is 32.4 Å². The zero-order valence-corrected chi connectivity index (χ0v) is 14.1. The first-order valence-corrected chi connectivity index (χ1v) is 8.59. The number of nitrogens with two attached hydrogens (primary N) is 1. The lowest BCUT2D eigenvalue weighted by atomic mass is 9.90. The van der Waals surface area contributed by atoms with E-state index in [9.17, 15) is 4.79 Å². The van der Waals surface area contributed by atoms with Gasteiger partial charge in [0.25, 0.3) is 0 Å². The quantitative estimate of drug-likeness (QED) is 0.739. The van der Waals surface area contributed by atoms with Crippen molar-refractivity contribution in [3.8, 4) is 0 Å². The van der Waals surface area contributed by atoms with Crippen LogP contribution in [0.3, 0.4) is 0 Å². The van der Waals surface area contributed by atoms with Gasteiger partial charge in [-0.1, -0.05) is 13.8 Å². The third kappa shape index (κ3) is 4.41. The van der Waals surface area contributed by atoms with Gasteiger partial charge in [0.2, 0.25) is 5.91 Å². The highest BCUT2D eigenvalue weighted by Crippen LogP contribution is 2.23. The maximum atomic E-state index is 12.6. The van der Waals surface area contributed by atoms with Crippen LogP contribution in [0.15, 0.2) is 0 Å². The molecular formula is C16H31N3O3. The fourth-order valence-electron chi connectivity index (χ4n) is 3.20. The van der Waals surface area contributed by atoms with Crippen LogP contribution in [0.5, 0.6) is 0 Å². The van der Waals surface area contributed by atoms with Crippen molar-refractivity contribution in [3.05, 3.63) is 0 Å². The molecule has 2 aliphatic heterocycles. The van der Waals surface area contributed by atoms with E-state index in [1.165, 1.54) is 0 Å². The number of likely N-dealkylation sites (tertiary alicyclic amines) is 1. The van der Waals surface area contributed by atoms with Crippen LogP contribution in [0.4, 0.5) is 0 Å². The summed E-state index contributed by atoms with van der Waals surface area (Å²) in [5.41, 5.74) is 5.56. The largest absolute Gasteiger partial charge is 0.381 e. The van der Waals surface area contributed by atoms with Gasteiger partial charge in [-0.2, -0.15) is 0 Å². The van der Waals surface area contributed by atoms with Gasteiger partial charge < -0.3 is 25.0 Å². The van der Waals surface area contributed by atoms with Crippen LogP contribution in [0.2, 0.25) is 0 Å². The SMILES string of the molecule is CCN(CC)CCOC1CCN(C(=O)C2(N)CCOCC2)C1. The number of nitrogens with zero attached hydrogens (tertiary/aromatic N) is 2. The molecule has 0 aliphatic carbocycles. The molecule has 6 heteroatoms. The third-order valence-electron chi connectivity index (χ3n) is 4.90. The summed E-state index contributed by atoms with van der Waals surface area (Å²) in [4.78, 5) is 16.8. The van der Waals surface area contributed by atoms with Crippen LogP contribution in [-0.4, -0.2) is 79.9 Å². The van der Waals surface area contributed by atoms with E-state index in [-0.39, 0.29) is 12.0 Å². The first-order chi connectivity index (χ1) is 10.6. The molecule has 6 nitrogen and oxygen atoms in total. The zero-order chi connectivity index (χ0) is 16.0. The van der Waals surface area contributed by atoms with E-state index in [0.717, 1.165) is 39.2 Å². The number of rotatable bonds is 7. The normalized spacial score (nSPS) is 24.9. The van der Waals surface area contributed by atoms with Crippen LogP contribution < -0.4 is 5.73 Å². The Labute approximate surface area is 133 Å². The minimum Gasteiger partial charge on any atom is -0.381 e. The number of likely N-dealkylation sites (N-methyl/N-ethyl adjacent to an activating group) is 1. The Morgan fingerprint density at radius 1 is 1.36 bits per heavy atom. The molecule has 1 unspecified atom stereocenters. The van der Waals surface area contributed by atoms with Crippen molar-refractivity contribution >= 4 is 5.91 Å². The smallest absolute Gasteiger partial charge is 0.242 e. The summed E-state index contributed by atoms with van der Waals surface area (Å²) in [5.74, 6) is 0.0747. The molecule has 1 amide bonds. The molecule has 2 saturated heterocycles. The van der Waals surface area contributed by atoms with E-state index in [1.807, 2.05) is 4.90 Å². The maximum Gasteiger partial charge on any atom is 0.242 e. The van der Waals surface area contributed by atoms with Crippen molar-refractivity contribution in [2.75, 3.05) is 52.5 Å². The Morgan fingerprint density at radius 3 is 2.68 bits per heavy atom. The van der Waals surface area contributed by atoms with Crippen LogP contribution in [0.25, 0.3) is 0 Å². The predicted molar refractivity (Wildman–Crippen MR) is 85.7 cm³/mol. The molecule has 0 radical (unpaired) electrons. The standard InChI is InChI=1S/C16H31N3O3/c1-3-18(4-2)9-12-22-14-5-8-19(13-14)15(20)16(17)6-10-21-11-7-16/h14H,3-13,17H2,1-2H3. The summed E-state index contributed by atoms with van der Waals surface area (Å²) < 4.78 is 11.3. The highest BCUT2D eigenvalue weighted by molar-refractivity contribution is 5.86. The molecule has 0 aromatic heterocycles. The van der Waals surface area contributed by atoms with Gasteiger partial charge in [0.1, 0.15) is 0 Å². The minimum atomic E-state index is -0.728. The average Bonchev–Trinajstić information content (AvgIpc) is 3.00. The molecule has 0 saturated carbocycles. The number of amides is 1. The maximum absolute atomic E-state index is 12.6. The minimum absolute atomic E-state index is 0.0747. The van der Waals surface area contributed by atoms with Crippen LogP contribution in [0.1, 0.15) is 33.1 Å². The van der Waals surface area contributed by atoms with E-state index in [1.54, 1.807) is 0 Å². The van der Waals surface area contributed by atoms with Crippen LogP contribution in [-0.2, 0) is 14.3 Å². The molecule has 0 aromatic carbocycles. The van der Waals surface area contributed by atoms with E-state index in [0.29, 0.717) is 32.6 Å². The van der Waals surface area contributed by atoms with Crippen molar-refractivity contribution in [2.45, 2.75) is 44.8 Å². The lowest BCUT2D eigenvalue weighted by Gasteiger charge is -2.35. The van der Waals surface area contributed by atoms with Gasteiger partial charge in [0.05, 0.1) is 18.2 Å². The zero-order valence-electron chi connectivity index (χ0n) is 14.1. The summed E-state index contributed by atoms with van der Waals surface area (Å²) in [6.07, 6.45) is 2.31. The summed E-state index contributed by atoms with van der Waals surface area (Å²) in [5, 5.41) is 0. The van der Waals surface area contributed by atoms with Crippen molar-refractivity contribution in [1.82, 2.24) is 9.80 Å².